The van der Waals surface area contributed by atoms with E-state index < -0.39 is 29.7 Å². The molecule has 3 N–H and O–H groups in total. The zero-order valence-electron chi connectivity index (χ0n) is 11.0. The third-order valence-electron chi connectivity index (χ3n) is 3.49. The molecule has 0 bridgehead atoms. The number of ether oxygens (including phenoxy) is 2. The number of carbonyl (C=O) groups excluding carboxylic acids is 1. The lowest BCUT2D eigenvalue weighted by Crippen LogP contribution is -2.33. The van der Waals surface area contributed by atoms with Crippen molar-refractivity contribution in [1.82, 2.24) is 0 Å². The van der Waals surface area contributed by atoms with Gasteiger partial charge in [0.1, 0.15) is 12.2 Å². The average Bonchev–Trinajstić information content (AvgIpc) is 3.01. The van der Waals surface area contributed by atoms with Gasteiger partial charge < -0.3 is 24.8 Å². The SMILES string of the molecule is O=C1O[C@H]([C@@H](O)COC2C=Cc3ccccc32)C(O)=C1O. The van der Waals surface area contributed by atoms with Crippen LogP contribution in [-0.2, 0) is 14.3 Å². The number of carbonyl (C=O) groups is 1. The van der Waals surface area contributed by atoms with Gasteiger partial charge in [-0.05, 0) is 11.1 Å². The minimum Gasteiger partial charge on any atom is -0.505 e. The highest BCUT2D eigenvalue weighted by atomic mass is 16.6. The van der Waals surface area contributed by atoms with E-state index in [0.29, 0.717) is 0 Å². The zero-order valence-corrected chi connectivity index (χ0v) is 11.0. The van der Waals surface area contributed by atoms with Crippen molar-refractivity contribution in [3.63, 3.8) is 0 Å². The number of cyclic esters (lactones) is 1. The normalized spacial score (nSPS) is 25.1. The van der Waals surface area contributed by atoms with Crippen molar-refractivity contribution in [2.75, 3.05) is 6.61 Å². The van der Waals surface area contributed by atoms with Gasteiger partial charge in [-0.3, -0.25) is 0 Å². The first-order valence-corrected chi connectivity index (χ1v) is 6.48. The van der Waals surface area contributed by atoms with E-state index in [2.05, 4.69) is 4.74 Å². The van der Waals surface area contributed by atoms with Gasteiger partial charge in [0.25, 0.3) is 0 Å². The predicted octanol–water partition coefficient (Wildman–Crippen LogP) is 1.39. The maximum absolute atomic E-state index is 11.1. The van der Waals surface area contributed by atoms with Gasteiger partial charge in [-0.25, -0.2) is 4.79 Å². The molecule has 1 unspecified atom stereocenters. The molecule has 1 aliphatic carbocycles. The minimum absolute atomic E-state index is 0.154. The van der Waals surface area contributed by atoms with Crippen molar-refractivity contribution in [2.45, 2.75) is 18.3 Å². The van der Waals surface area contributed by atoms with E-state index in [9.17, 15) is 20.1 Å². The highest BCUT2D eigenvalue weighted by molar-refractivity contribution is 5.89. The van der Waals surface area contributed by atoms with Crippen molar-refractivity contribution in [3.8, 4) is 0 Å². The monoisotopic (exact) mass is 290 g/mol. The quantitative estimate of drug-likeness (QED) is 0.725. The predicted molar refractivity (Wildman–Crippen MR) is 72.3 cm³/mol. The number of fused-ring (bicyclic) bond motifs is 1. The lowest BCUT2D eigenvalue weighted by molar-refractivity contribution is -0.149. The van der Waals surface area contributed by atoms with Crippen LogP contribution in [0.25, 0.3) is 6.08 Å². The van der Waals surface area contributed by atoms with Crippen LogP contribution >= 0.6 is 0 Å². The second-order valence-electron chi connectivity index (χ2n) is 4.87. The van der Waals surface area contributed by atoms with E-state index in [1.165, 1.54) is 0 Å². The number of hydrogen-bond donors (Lipinski definition) is 3. The first-order valence-electron chi connectivity index (χ1n) is 6.48. The summed E-state index contributed by atoms with van der Waals surface area (Å²) in [7, 11) is 0. The number of benzene rings is 1. The highest BCUT2D eigenvalue weighted by Crippen LogP contribution is 2.31. The van der Waals surface area contributed by atoms with Crippen LogP contribution in [0.2, 0.25) is 0 Å². The fourth-order valence-corrected chi connectivity index (χ4v) is 2.38. The summed E-state index contributed by atoms with van der Waals surface area (Å²) < 4.78 is 10.3. The Morgan fingerprint density at radius 2 is 2.05 bits per heavy atom. The number of rotatable bonds is 4. The van der Waals surface area contributed by atoms with Crippen molar-refractivity contribution in [3.05, 3.63) is 53.0 Å². The minimum atomic E-state index is -1.29. The van der Waals surface area contributed by atoms with E-state index in [1.807, 2.05) is 36.4 Å². The van der Waals surface area contributed by atoms with E-state index in [0.717, 1.165) is 11.1 Å². The zero-order chi connectivity index (χ0) is 15.0. The van der Waals surface area contributed by atoms with E-state index >= 15 is 0 Å². The van der Waals surface area contributed by atoms with Gasteiger partial charge in [-0.15, -0.1) is 0 Å². The summed E-state index contributed by atoms with van der Waals surface area (Å²) in [5.74, 6) is -2.59. The summed E-state index contributed by atoms with van der Waals surface area (Å²) >= 11 is 0. The summed E-state index contributed by atoms with van der Waals surface area (Å²) in [6.07, 6.45) is 0.918. The molecule has 0 saturated carbocycles. The molecule has 0 fully saturated rings. The van der Waals surface area contributed by atoms with Crippen molar-refractivity contribution < 1.29 is 29.6 Å². The number of esters is 1. The second kappa shape index (κ2) is 5.23. The average molecular weight is 290 g/mol. The molecule has 6 heteroatoms. The van der Waals surface area contributed by atoms with Crippen LogP contribution in [0.3, 0.4) is 0 Å². The maximum Gasteiger partial charge on any atom is 0.377 e. The largest absolute Gasteiger partial charge is 0.505 e. The topological polar surface area (TPSA) is 96.2 Å². The molecule has 6 nitrogen and oxygen atoms in total. The Hall–Kier alpha value is -2.31. The van der Waals surface area contributed by atoms with Crippen molar-refractivity contribution >= 4 is 12.0 Å². The molecule has 3 rings (SSSR count). The molecule has 0 spiro atoms. The molecule has 0 amide bonds. The lowest BCUT2D eigenvalue weighted by Gasteiger charge is -2.19. The van der Waals surface area contributed by atoms with Gasteiger partial charge in [-0.1, -0.05) is 36.4 Å². The number of hydrogen-bond acceptors (Lipinski definition) is 6. The molecular weight excluding hydrogens is 276 g/mol. The standard InChI is InChI=1S/C15H14O6/c16-10(14-12(17)13(18)15(19)21-14)7-20-11-6-5-8-3-1-2-4-9(8)11/h1-6,10-11,14,16-18H,7H2/t10-,11?,14+/m0/s1. The third-order valence-corrected chi connectivity index (χ3v) is 3.49. The summed E-state index contributed by atoms with van der Waals surface area (Å²) in [4.78, 5) is 11.1. The Kier molecular flexibility index (Phi) is 3.40. The molecule has 1 heterocycles. The molecule has 1 aliphatic heterocycles. The Labute approximate surface area is 120 Å². The Balaban J connectivity index is 1.62. The first-order chi connectivity index (χ1) is 10.1. The Bertz CT molecular complexity index is 633. The summed E-state index contributed by atoms with van der Waals surface area (Å²) in [6.45, 7) is -0.154. The van der Waals surface area contributed by atoms with Gasteiger partial charge >= 0.3 is 5.97 Å². The van der Waals surface area contributed by atoms with Gasteiger partial charge in [0.05, 0.1) is 6.61 Å². The van der Waals surface area contributed by atoms with Crippen LogP contribution in [0.15, 0.2) is 41.9 Å². The Morgan fingerprint density at radius 1 is 1.29 bits per heavy atom. The molecule has 3 atom stereocenters. The summed E-state index contributed by atoms with van der Waals surface area (Å²) in [5.41, 5.74) is 2.03. The molecule has 110 valence electrons. The molecule has 0 saturated heterocycles. The van der Waals surface area contributed by atoms with Crippen LogP contribution in [0.4, 0.5) is 0 Å². The summed E-state index contributed by atoms with van der Waals surface area (Å²) in [6, 6.07) is 7.69. The van der Waals surface area contributed by atoms with Gasteiger partial charge in [-0.2, -0.15) is 0 Å². The number of aliphatic hydroxyl groups excluding tert-OH is 3. The molecule has 0 aromatic heterocycles. The molecular formula is C15H14O6. The molecule has 1 aromatic carbocycles. The van der Waals surface area contributed by atoms with E-state index in [4.69, 9.17) is 4.74 Å². The third kappa shape index (κ3) is 2.39. The van der Waals surface area contributed by atoms with Crippen LogP contribution in [-0.4, -0.2) is 40.1 Å². The Morgan fingerprint density at radius 3 is 2.76 bits per heavy atom. The fourth-order valence-electron chi connectivity index (χ4n) is 2.38. The van der Waals surface area contributed by atoms with Crippen LogP contribution in [0.1, 0.15) is 17.2 Å². The smallest absolute Gasteiger partial charge is 0.377 e. The van der Waals surface area contributed by atoms with Crippen molar-refractivity contribution in [2.24, 2.45) is 0 Å². The second-order valence-corrected chi connectivity index (χ2v) is 4.87. The number of aliphatic hydroxyl groups is 3. The van der Waals surface area contributed by atoms with E-state index in [1.54, 1.807) is 0 Å². The van der Waals surface area contributed by atoms with Gasteiger partial charge in [0.15, 0.2) is 11.9 Å². The van der Waals surface area contributed by atoms with Crippen LogP contribution in [0, 0.1) is 0 Å². The van der Waals surface area contributed by atoms with Crippen LogP contribution in [0.5, 0.6) is 0 Å². The lowest BCUT2D eigenvalue weighted by atomic mass is 10.1. The maximum atomic E-state index is 11.1. The summed E-state index contributed by atoms with van der Waals surface area (Å²) in [5, 5.41) is 28.6. The van der Waals surface area contributed by atoms with Gasteiger partial charge in [0.2, 0.25) is 5.76 Å². The van der Waals surface area contributed by atoms with Gasteiger partial charge in [0, 0.05) is 0 Å². The molecule has 0 radical (unpaired) electrons. The van der Waals surface area contributed by atoms with Crippen LogP contribution < -0.4 is 0 Å². The molecule has 2 aliphatic rings. The molecule has 1 aromatic rings. The van der Waals surface area contributed by atoms with Crippen molar-refractivity contribution in [1.29, 1.82) is 0 Å². The first kappa shape index (κ1) is 13.7. The highest BCUT2D eigenvalue weighted by Gasteiger charge is 2.39. The molecule has 21 heavy (non-hydrogen) atoms. The fraction of sp³-hybridized carbons (Fsp3) is 0.267. The van der Waals surface area contributed by atoms with E-state index in [-0.39, 0.29) is 12.7 Å².